The summed E-state index contributed by atoms with van der Waals surface area (Å²) >= 11 is 0. The van der Waals surface area contributed by atoms with Gasteiger partial charge in [-0.3, -0.25) is 9.59 Å². The van der Waals surface area contributed by atoms with Crippen molar-refractivity contribution in [3.63, 3.8) is 0 Å². The summed E-state index contributed by atoms with van der Waals surface area (Å²) in [5, 5.41) is 8.07. The van der Waals surface area contributed by atoms with Gasteiger partial charge in [0.25, 0.3) is 11.5 Å². The minimum atomic E-state index is -4.43. The summed E-state index contributed by atoms with van der Waals surface area (Å²) in [6.07, 6.45) is 2.39. The number of alkyl halides is 3. The van der Waals surface area contributed by atoms with E-state index in [1.165, 1.54) is 18.3 Å². The van der Waals surface area contributed by atoms with Crippen LogP contribution in [0.15, 0.2) is 53.7 Å². The number of benzene rings is 1. The minimum Gasteiger partial charge on any atom is -0.386 e. The average molecular weight is 461 g/mol. The van der Waals surface area contributed by atoms with Crippen molar-refractivity contribution in [2.45, 2.75) is 37.9 Å². The number of halogens is 3. The van der Waals surface area contributed by atoms with Crippen molar-refractivity contribution in [2.75, 3.05) is 11.9 Å². The molecule has 0 bridgehead atoms. The van der Waals surface area contributed by atoms with Gasteiger partial charge in [0.2, 0.25) is 0 Å². The third-order valence-electron chi connectivity index (χ3n) is 5.23. The summed E-state index contributed by atoms with van der Waals surface area (Å²) in [5.41, 5.74) is 6.88. The molecule has 7 nitrogen and oxygen atoms in total. The van der Waals surface area contributed by atoms with Crippen molar-refractivity contribution < 1.29 is 18.0 Å². The van der Waals surface area contributed by atoms with Gasteiger partial charge in [-0.05, 0) is 54.8 Å². The number of aromatic amines is 1. The van der Waals surface area contributed by atoms with Gasteiger partial charge >= 0.3 is 6.18 Å². The zero-order valence-electron chi connectivity index (χ0n) is 17.9. The Balaban J connectivity index is 1.71. The van der Waals surface area contributed by atoms with Crippen LogP contribution in [-0.2, 0) is 0 Å². The number of anilines is 1. The van der Waals surface area contributed by atoms with Crippen LogP contribution in [0.25, 0.3) is 11.8 Å². The Hall–Kier alpha value is -3.69. The van der Waals surface area contributed by atoms with Crippen LogP contribution in [0.1, 0.15) is 47.2 Å². The Bertz CT molecular complexity index is 1080. The van der Waals surface area contributed by atoms with Gasteiger partial charge in [-0.25, -0.2) is 0 Å². The van der Waals surface area contributed by atoms with Crippen molar-refractivity contribution in [3.05, 3.63) is 76.0 Å². The molecule has 1 aliphatic rings. The van der Waals surface area contributed by atoms with E-state index >= 15 is 0 Å². The van der Waals surface area contributed by atoms with Crippen molar-refractivity contribution in [1.82, 2.24) is 15.6 Å². The molecule has 1 aromatic carbocycles. The van der Waals surface area contributed by atoms with E-state index in [2.05, 4.69) is 27.5 Å². The van der Waals surface area contributed by atoms with Gasteiger partial charge in [0.05, 0.1) is 11.4 Å². The van der Waals surface area contributed by atoms with Gasteiger partial charge in [-0.1, -0.05) is 19.4 Å². The predicted octanol–water partition coefficient (Wildman–Crippen LogP) is 3.54. The molecular weight excluding hydrogens is 435 g/mol. The van der Waals surface area contributed by atoms with Crippen LogP contribution < -0.4 is 27.2 Å². The zero-order valence-corrected chi connectivity index (χ0v) is 17.9. The smallest absolute Gasteiger partial charge is 0.386 e. The van der Waals surface area contributed by atoms with Crippen LogP contribution in [0.5, 0.6) is 0 Å². The van der Waals surface area contributed by atoms with Crippen LogP contribution >= 0.6 is 0 Å². The zero-order chi connectivity index (χ0) is 24.0. The molecule has 33 heavy (non-hydrogen) atoms. The van der Waals surface area contributed by atoms with E-state index in [9.17, 15) is 22.8 Å². The molecule has 1 amide bonds. The maximum Gasteiger partial charge on any atom is 0.405 e. The Labute approximate surface area is 189 Å². The molecule has 0 aliphatic heterocycles. The first kappa shape index (κ1) is 24.0. The van der Waals surface area contributed by atoms with E-state index in [1.54, 1.807) is 24.3 Å². The van der Waals surface area contributed by atoms with Crippen LogP contribution in [0.2, 0.25) is 0 Å². The topological polar surface area (TPSA) is 112 Å². The maximum atomic E-state index is 12.4. The van der Waals surface area contributed by atoms with Crippen molar-refractivity contribution >= 4 is 23.4 Å². The summed E-state index contributed by atoms with van der Waals surface area (Å²) in [7, 11) is 0. The predicted molar refractivity (Wildman–Crippen MR) is 122 cm³/mol. The highest BCUT2D eigenvalue weighted by Gasteiger charge is 2.26. The molecule has 1 aliphatic carbocycles. The van der Waals surface area contributed by atoms with Gasteiger partial charge in [-0.2, -0.15) is 13.2 Å². The fourth-order valence-corrected chi connectivity index (χ4v) is 3.63. The number of hydrogen-bond acceptors (Lipinski definition) is 5. The number of aromatic nitrogens is 1. The summed E-state index contributed by atoms with van der Waals surface area (Å²) < 4.78 is 37.2. The average Bonchev–Trinajstić information content (AvgIpc) is 3.25. The Morgan fingerprint density at radius 1 is 1.18 bits per heavy atom. The standard InChI is InChI=1S/C23H26F3N5O2/c1-14(20-16(10-11-28-22(20)33)12-19(27)29-13-23(24,25)26)30-18-8-6-15(7-9-18)21(32)31-17-4-2-3-5-17/h6-12,17,29-30H,1-5,13,27H2,(H,28,33)(H,31,32)/b19-12+. The SMILES string of the molecule is C=C(Nc1ccc(C(=O)NC2CCCC2)cc1)c1c(/C=C(\N)NCC(F)(F)F)cc[nH]c1=O. The molecule has 1 fully saturated rings. The molecule has 3 rings (SSSR count). The second kappa shape index (κ2) is 10.3. The first-order chi connectivity index (χ1) is 15.6. The van der Waals surface area contributed by atoms with Gasteiger partial charge < -0.3 is 26.7 Å². The van der Waals surface area contributed by atoms with Gasteiger partial charge in [0, 0.05) is 29.2 Å². The van der Waals surface area contributed by atoms with E-state index in [-0.39, 0.29) is 34.6 Å². The number of hydrogen-bond donors (Lipinski definition) is 5. The number of rotatable bonds is 8. The summed E-state index contributed by atoms with van der Waals surface area (Å²) in [6, 6.07) is 8.40. The molecular formula is C23H26F3N5O2. The molecule has 0 spiro atoms. The van der Waals surface area contributed by atoms with Crippen LogP contribution in [0.3, 0.4) is 0 Å². The lowest BCUT2D eigenvalue weighted by atomic mass is 10.1. The molecule has 6 N–H and O–H groups in total. The molecule has 1 aromatic heterocycles. The monoisotopic (exact) mass is 461 g/mol. The largest absolute Gasteiger partial charge is 0.405 e. The molecule has 176 valence electrons. The fourth-order valence-electron chi connectivity index (χ4n) is 3.63. The number of nitrogens with two attached hydrogens (primary N) is 1. The summed E-state index contributed by atoms with van der Waals surface area (Å²) in [4.78, 5) is 27.3. The molecule has 0 atom stereocenters. The summed E-state index contributed by atoms with van der Waals surface area (Å²) in [5.74, 6) is -0.384. The highest BCUT2D eigenvalue weighted by molar-refractivity contribution is 5.95. The van der Waals surface area contributed by atoms with Gasteiger partial charge in [0.1, 0.15) is 6.54 Å². The molecule has 0 unspecified atom stereocenters. The Kier molecular flexibility index (Phi) is 7.47. The van der Waals surface area contributed by atoms with E-state index in [1.807, 2.05) is 0 Å². The molecule has 1 saturated carbocycles. The molecule has 0 radical (unpaired) electrons. The lowest BCUT2D eigenvalue weighted by Crippen LogP contribution is -2.32. The fraction of sp³-hybridized carbons (Fsp3) is 0.304. The van der Waals surface area contributed by atoms with Crippen LogP contribution in [-0.4, -0.2) is 29.7 Å². The van der Waals surface area contributed by atoms with Gasteiger partial charge in [-0.15, -0.1) is 0 Å². The Morgan fingerprint density at radius 3 is 2.48 bits per heavy atom. The highest BCUT2D eigenvalue weighted by Crippen LogP contribution is 2.21. The van der Waals surface area contributed by atoms with Gasteiger partial charge in [0.15, 0.2) is 0 Å². The number of carbonyl (C=O) groups excluding carboxylic acids is 1. The number of pyridine rings is 1. The van der Waals surface area contributed by atoms with Crippen molar-refractivity contribution in [1.29, 1.82) is 0 Å². The number of nitrogens with one attached hydrogen (secondary N) is 4. The minimum absolute atomic E-state index is 0.123. The van der Waals surface area contributed by atoms with Crippen LogP contribution in [0.4, 0.5) is 18.9 Å². The highest BCUT2D eigenvalue weighted by atomic mass is 19.4. The van der Waals surface area contributed by atoms with E-state index in [0.29, 0.717) is 11.3 Å². The van der Waals surface area contributed by atoms with Crippen molar-refractivity contribution in [3.8, 4) is 0 Å². The maximum absolute atomic E-state index is 12.4. The van der Waals surface area contributed by atoms with E-state index in [4.69, 9.17) is 5.73 Å². The number of amides is 1. The summed E-state index contributed by atoms with van der Waals surface area (Å²) in [6.45, 7) is 2.58. The normalized spacial score (nSPS) is 14.7. The van der Waals surface area contributed by atoms with Crippen molar-refractivity contribution in [2.24, 2.45) is 5.73 Å². The quantitative estimate of drug-likeness (QED) is 0.413. The van der Waals surface area contributed by atoms with E-state index < -0.39 is 18.3 Å². The Morgan fingerprint density at radius 2 is 1.85 bits per heavy atom. The molecule has 0 saturated heterocycles. The molecule has 10 heteroatoms. The second-order valence-electron chi connectivity index (χ2n) is 7.84. The van der Waals surface area contributed by atoms with E-state index in [0.717, 1.165) is 25.7 Å². The first-order valence-electron chi connectivity index (χ1n) is 10.5. The van der Waals surface area contributed by atoms with Crippen LogP contribution in [0, 0.1) is 0 Å². The third-order valence-corrected chi connectivity index (χ3v) is 5.23. The molecule has 2 aromatic rings. The number of H-pyrrole nitrogens is 1. The molecule has 1 heterocycles. The third kappa shape index (κ3) is 6.90. The second-order valence-corrected chi connectivity index (χ2v) is 7.84. The lowest BCUT2D eigenvalue weighted by molar-refractivity contribution is -0.123. The first-order valence-corrected chi connectivity index (χ1v) is 10.5. The lowest BCUT2D eigenvalue weighted by Gasteiger charge is -2.14. The number of carbonyl (C=O) groups is 1.